The van der Waals surface area contributed by atoms with E-state index in [4.69, 9.17) is 5.73 Å². The van der Waals surface area contributed by atoms with Crippen molar-refractivity contribution < 1.29 is 0 Å². The van der Waals surface area contributed by atoms with Gasteiger partial charge in [0.2, 0.25) is 0 Å². The van der Waals surface area contributed by atoms with Crippen molar-refractivity contribution >= 4 is 27.7 Å². The van der Waals surface area contributed by atoms with Crippen LogP contribution in [0.2, 0.25) is 0 Å². The highest BCUT2D eigenvalue weighted by atomic mass is 79.9. The number of hydrogen-bond acceptors (Lipinski definition) is 2. The lowest BCUT2D eigenvalue weighted by Crippen LogP contribution is -2.20. The van der Waals surface area contributed by atoms with Gasteiger partial charge in [0.1, 0.15) is 0 Å². The van der Waals surface area contributed by atoms with Crippen molar-refractivity contribution in [2.75, 3.05) is 6.54 Å². The van der Waals surface area contributed by atoms with Crippen molar-refractivity contribution in [2.24, 2.45) is 11.7 Å². The normalized spacial score (nSPS) is 25.7. The predicted molar refractivity (Wildman–Crippen MR) is 70.2 cm³/mol. The van der Waals surface area contributed by atoms with Gasteiger partial charge in [0.15, 0.2) is 0 Å². The maximum absolute atomic E-state index is 5.79. The minimum absolute atomic E-state index is 0.717. The van der Waals surface area contributed by atoms with Gasteiger partial charge in [0.25, 0.3) is 0 Å². The summed E-state index contributed by atoms with van der Waals surface area (Å²) in [5.74, 6) is 0.717. The molecule has 0 aliphatic heterocycles. The Bertz CT molecular complexity index is 329. The summed E-state index contributed by atoms with van der Waals surface area (Å²) in [5.41, 5.74) is 5.79. The van der Waals surface area contributed by atoms with E-state index in [2.05, 4.69) is 40.2 Å². The molecule has 0 spiro atoms. The van der Waals surface area contributed by atoms with Crippen LogP contribution in [0.1, 0.15) is 19.3 Å². The highest BCUT2D eigenvalue weighted by Gasteiger charge is 2.26. The average molecular weight is 286 g/mol. The summed E-state index contributed by atoms with van der Waals surface area (Å²) in [6.07, 6.45) is 3.97. The van der Waals surface area contributed by atoms with Crippen molar-refractivity contribution in [2.45, 2.75) is 29.4 Å². The molecule has 0 amide bonds. The molecular weight excluding hydrogens is 270 g/mol. The number of hydrogen-bond donors (Lipinski definition) is 1. The summed E-state index contributed by atoms with van der Waals surface area (Å²) in [7, 11) is 0. The zero-order valence-electron chi connectivity index (χ0n) is 8.66. The zero-order valence-corrected chi connectivity index (χ0v) is 11.1. The fraction of sp³-hybridized carbons (Fsp3) is 0.500. The van der Waals surface area contributed by atoms with E-state index < -0.39 is 0 Å². The SMILES string of the molecule is NCC1CCCC1Sc1cccc(Br)c1. The number of rotatable bonds is 3. The van der Waals surface area contributed by atoms with Gasteiger partial charge in [-0.25, -0.2) is 0 Å². The molecule has 2 atom stereocenters. The number of thioether (sulfide) groups is 1. The molecule has 1 saturated carbocycles. The summed E-state index contributed by atoms with van der Waals surface area (Å²) in [4.78, 5) is 1.36. The molecular formula is C12H16BrNS. The van der Waals surface area contributed by atoms with Gasteiger partial charge in [-0.2, -0.15) is 0 Å². The van der Waals surface area contributed by atoms with Crippen molar-refractivity contribution in [1.82, 2.24) is 0 Å². The first-order valence-corrected chi connectivity index (χ1v) is 7.09. The molecule has 15 heavy (non-hydrogen) atoms. The lowest BCUT2D eigenvalue weighted by molar-refractivity contribution is 0.573. The second kappa shape index (κ2) is 5.37. The molecule has 3 heteroatoms. The zero-order chi connectivity index (χ0) is 10.7. The Morgan fingerprint density at radius 3 is 3.00 bits per heavy atom. The summed E-state index contributed by atoms with van der Waals surface area (Å²) in [6, 6.07) is 8.54. The minimum atomic E-state index is 0.717. The fourth-order valence-corrected chi connectivity index (χ4v) is 4.12. The van der Waals surface area contributed by atoms with E-state index in [0.717, 1.165) is 16.3 Å². The maximum Gasteiger partial charge on any atom is 0.0186 e. The van der Waals surface area contributed by atoms with E-state index in [-0.39, 0.29) is 0 Å². The molecule has 2 rings (SSSR count). The van der Waals surface area contributed by atoms with Gasteiger partial charge < -0.3 is 5.73 Å². The first kappa shape index (κ1) is 11.5. The van der Waals surface area contributed by atoms with Crippen molar-refractivity contribution in [3.05, 3.63) is 28.7 Å². The average Bonchev–Trinajstić information content (AvgIpc) is 2.65. The summed E-state index contributed by atoms with van der Waals surface area (Å²) in [6.45, 7) is 0.839. The third kappa shape index (κ3) is 2.99. The Balaban J connectivity index is 2.02. The molecule has 0 radical (unpaired) electrons. The van der Waals surface area contributed by atoms with Crippen LogP contribution in [0.15, 0.2) is 33.6 Å². The van der Waals surface area contributed by atoms with E-state index in [1.54, 1.807) is 0 Å². The second-order valence-corrected chi connectivity index (χ2v) is 6.27. The van der Waals surface area contributed by atoms with Crippen LogP contribution in [-0.4, -0.2) is 11.8 Å². The first-order chi connectivity index (χ1) is 7.29. The number of nitrogens with two attached hydrogens (primary N) is 1. The highest BCUT2D eigenvalue weighted by molar-refractivity contribution is 9.10. The second-order valence-electron chi connectivity index (χ2n) is 4.04. The van der Waals surface area contributed by atoms with Crippen LogP contribution in [0.25, 0.3) is 0 Å². The molecule has 82 valence electrons. The Kier molecular flexibility index (Phi) is 4.12. The number of benzene rings is 1. The van der Waals surface area contributed by atoms with E-state index in [1.807, 2.05) is 11.8 Å². The summed E-state index contributed by atoms with van der Waals surface area (Å²) >= 11 is 5.49. The molecule has 2 unspecified atom stereocenters. The lowest BCUT2D eigenvalue weighted by atomic mass is 10.1. The monoisotopic (exact) mass is 285 g/mol. The van der Waals surface area contributed by atoms with Crippen LogP contribution in [0.4, 0.5) is 0 Å². The van der Waals surface area contributed by atoms with Crippen LogP contribution in [0.5, 0.6) is 0 Å². The maximum atomic E-state index is 5.79. The number of halogens is 1. The van der Waals surface area contributed by atoms with Crippen molar-refractivity contribution in [3.63, 3.8) is 0 Å². The largest absolute Gasteiger partial charge is 0.330 e. The molecule has 1 aliphatic rings. The van der Waals surface area contributed by atoms with Crippen molar-refractivity contribution in [3.8, 4) is 0 Å². The Morgan fingerprint density at radius 2 is 2.27 bits per heavy atom. The Hall–Kier alpha value is 0.01000. The Morgan fingerprint density at radius 1 is 1.40 bits per heavy atom. The van der Waals surface area contributed by atoms with Crippen LogP contribution >= 0.6 is 27.7 Å². The third-order valence-corrected chi connectivity index (χ3v) is 4.92. The molecule has 1 aliphatic carbocycles. The molecule has 1 aromatic rings. The van der Waals surface area contributed by atoms with E-state index in [9.17, 15) is 0 Å². The molecule has 0 saturated heterocycles. The third-order valence-electron chi connectivity index (χ3n) is 2.98. The highest BCUT2D eigenvalue weighted by Crippen LogP contribution is 2.38. The van der Waals surface area contributed by atoms with Crippen LogP contribution in [0, 0.1) is 5.92 Å². The molecule has 2 N–H and O–H groups in total. The molecule has 1 aromatic carbocycles. The summed E-state index contributed by atoms with van der Waals surface area (Å²) in [5, 5.41) is 0.726. The molecule has 0 aromatic heterocycles. The topological polar surface area (TPSA) is 26.0 Å². The van der Waals surface area contributed by atoms with E-state index >= 15 is 0 Å². The van der Waals surface area contributed by atoms with Crippen LogP contribution in [-0.2, 0) is 0 Å². The summed E-state index contributed by atoms with van der Waals surface area (Å²) < 4.78 is 1.16. The first-order valence-electron chi connectivity index (χ1n) is 5.42. The predicted octanol–water partition coefficient (Wildman–Crippen LogP) is 3.67. The van der Waals surface area contributed by atoms with Gasteiger partial charge in [-0.3, -0.25) is 0 Å². The van der Waals surface area contributed by atoms with Gasteiger partial charge in [-0.05, 0) is 43.5 Å². The van der Waals surface area contributed by atoms with Gasteiger partial charge in [-0.15, -0.1) is 11.8 Å². The van der Waals surface area contributed by atoms with Crippen LogP contribution in [0.3, 0.4) is 0 Å². The molecule has 1 nitrogen and oxygen atoms in total. The van der Waals surface area contributed by atoms with E-state index in [0.29, 0.717) is 5.92 Å². The van der Waals surface area contributed by atoms with E-state index in [1.165, 1.54) is 24.2 Å². The molecule has 0 heterocycles. The smallest absolute Gasteiger partial charge is 0.0186 e. The lowest BCUT2D eigenvalue weighted by Gasteiger charge is -2.17. The standard InChI is InChI=1S/C12H16BrNS/c13-10-4-2-5-11(7-10)15-12-6-1-3-9(12)8-14/h2,4-5,7,9,12H,1,3,6,8,14H2. The fourth-order valence-electron chi connectivity index (χ4n) is 2.14. The molecule has 0 bridgehead atoms. The molecule has 1 fully saturated rings. The minimum Gasteiger partial charge on any atom is -0.330 e. The Labute approximate surface area is 104 Å². The van der Waals surface area contributed by atoms with Gasteiger partial charge in [-0.1, -0.05) is 28.4 Å². The van der Waals surface area contributed by atoms with Crippen molar-refractivity contribution in [1.29, 1.82) is 0 Å². The van der Waals surface area contributed by atoms with Crippen LogP contribution < -0.4 is 5.73 Å². The van der Waals surface area contributed by atoms with Gasteiger partial charge >= 0.3 is 0 Å². The van der Waals surface area contributed by atoms with Gasteiger partial charge in [0.05, 0.1) is 0 Å². The quantitative estimate of drug-likeness (QED) is 0.917. The van der Waals surface area contributed by atoms with Gasteiger partial charge in [0, 0.05) is 14.6 Å².